The van der Waals surface area contributed by atoms with Crippen LogP contribution in [0, 0.1) is 19.8 Å². The average molecular weight is 454 g/mol. The van der Waals surface area contributed by atoms with Crippen LogP contribution in [0.25, 0.3) is 5.69 Å². The number of nitrogens with two attached hydrogens (primary N) is 1. The van der Waals surface area contributed by atoms with E-state index in [-0.39, 0.29) is 49.2 Å². The van der Waals surface area contributed by atoms with Crippen LogP contribution in [-0.4, -0.2) is 30.2 Å². The number of carbonyl (C=O) groups is 1. The molecule has 0 bridgehead atoms. The Labute approximate surface area is 189 Å². The Balaban J connectivity index is 0.00000225. The summed E-state index contributed by atoms with van der Waals surface area (Å²) in [4.78, 5) is 21.2. The van der Waals surface area contributed by atoms with Crippen molar-refractivity contribution in [1.29, 1.82) is 0 Å². The summed E-state index contributed by atoms with van der Waals surface area (Å²) < 4.78 is 3.60. The van der Waals surface area contributed by atoms with Crippen molar-refractivity contribution in [2.75, 3.05) is 0 Å². The van der Waals surface area contributed by atoms with E-state index in [1.54, 1.807) is 17.8 Å². The first-order valence-corrected chi connectivity index (χ1v) is 9.38. The molecular weight excluding hydrogens is 425 g/mol. The smallest absolute Gasteiger partial charge is 0.242 e. The number of halogens is 2. The molecule has 0 saturated heterocycles. The minimum Gasteiger partial charge on any atom is -0.350 e. The van der Waals surface area contributed by atoms with Gasteiger partial charge in [0.25, 0.3) is 0 Å². The highest BCUT2D eigenvalue weighted by Gasteiger charge is 2.20. The van der Waals surface area contributed by atoms with Gasteiger partial charge in [0.05, 0.1) is 11.7 Å². The van der Waals surface area contributed by atoms with Crippen LogP contribution >= 0.6 is 24.8 Å². The summed E-state index contributed by atoms with van der Waals surface area (Å²) >= 11 is 0. The van der Waals surface area contributed by atoms with Gasteiger partial charge >= 0.3 is 0 Å². The van der Waals surface area contributed by atoms with Crippen molar-refractivity contribution in [1.82, 2.24) is 29.6 Å². The number of carbonyl (C=O) groups excluding carboxylic acids is 1. The molecule has 8 nitrogen and oxygen atoms in total. The molecule has 2 heterocycles. The van der Waals surface area contributed by atoms with Gasteiger partial charge in [0.1, 0.15) is 24.0 Å². The predicted molar refractivity (Wildman–Crippen MR) is 121 cm³/mol. The molecule has 1 aromatic carbocycles. The first kappa shape index (κ1) is 25.6. The minimum atomic E-state index is -0.265. The summed E-state index contributed by atoms with van der Waals surface area (Å²) in [6.45, 7) is 8.29. The van der Waals surface area contributed by atoms with E-state index in [2.05, 4.69) is 20.4 Å². The summed E-state index contributed by atoms with van der Waals surface area (Å²) in [5.41, 5.74) is 8.22. The fraction of sp³-hybridized carbons (Fsp3) is 0.400. The second-order valence-electron chi connectivity index (χ2n) is 7.19. The maximum atomic E-state index is 12.5. The van der Waals surface area contributed by atoms with Crippen LogP contribution in [0.5, 0.6) is 0 Å². The van der Waals surface area contributed by atoms with Crippen molar-refractivity contribution in [3.63, 3.8) is 0 Å². The number of nitrogens with one attached hydrogen (secondary N) is 1. The van der Waals surface area contributed by atoms with Gasteiger partial charge in [-0.1, -0.05) is 32.0 Å². The maximum absolute atomic E-state index is 12.5. The fourth-order valence-electron chi connectivity index (χ4n) is 3.05. The van der Waals surface area contributed by atoms with Crippen LogP contribution in [0.2, 0.25) is 0 Å². The highest BCUT2D eigenvalue weighted by atomic mass is 35.5. The van der Waals surface area contributed by atoms with E-state index < -0.39 is 0 Å². The van der Waals surface area contributed by atoms with E-state index >= 15 is 0 Å². The van der Waals surface area contributed by atoms with Crippen LogP contribution in [0.3, 0.4) is 0 Å². The van der Waals surface area contributed by atoms with Crippen molar-refractivity contribution >= 4 is 30.7 Å². The number of amides is 1. The minimum absolute atomic E-state index is 0. The molecule has 0 spiro atoms. The maximum Gasteiger partial charge on any atom is 0.242 e. The molecule has 30 heavy (non-hydrogen) atoms. The van der Waals surface area contributed by atoms with Crippen molar-refractivity contribution in [2.24, 2.45) is 11.7 Å². The van der Waals surface area contributed by atoms with Gasteiger partial charge in [0.2, 0.25) is 5.91 Å². The van der Waals surface area contributed by atoms with Gasteiger partial charge < -0.3 is 15.6 Å². The third kappa shape index (κ3) is 5.81. The topological polar surface area (TPSA) is 104 Å². The average Bonchev–Trinajstić information content (AvgIpc) is 3.24. The largest absolute Gasteiger partial charge is 0.350 e. The molecule has 3 N–H and O–H groups in total. The molecular formula is C20H29Cl2N7O. The van der Waals surface area contributed by atoms with Crippen LogP contribution in [0.4, 0.5) is 0 Å². The van der Waals surface area contributed by atoms with Gasteiger partial charge in [-0.15, -0.1) is 24.8 Å². The van der Waals surface area contributed by atoms with Gasteiger partial charge in [0.15, 0.2) is 0 Å². The number of hydrogen-bond donors (Lipinski definition) is 2. The lowest BCUT2D eigenvalue weighted by atomic mass is 10.1. The highest BCUT2D eigenvalue weighted by molar-refractivity contribution is 5.85. The lowest BCUT2D eigenvalue weighted by molar-refractivity contribution is -0.122. The number of nitrogens with zero attached hydrogens (tertiary/aromatic N) is 5. The zero-order valence-electron chi connectivity index (χ0n) is 17.6. The standard InChI is InChI=1S/C20H27N7O.2ClH/c1-13(2)19(21)20-24-14(3)25-27(20)12-18(28)23-11-16-7-5-6-8-17(16)26-10-9-22-15(26)4;;/h5-10,13,19H,11-12,21H2,1-4H3,(H,23,28);2*1H/t19-;;/m0../s1. The van der Waals surface area contributed by atoms with Crippen molar-refractivity contribution < 1.29 is 4.79 Å². The first-order valence-electron chi connectivity index (χ1n) is 9.38. The van der Waals surface area contributed by atoms with Crippen LogP contribution < -0.4 is 11.1 Å². The number of aromatic nitrogens is 5. The number of para-hydroxylation sites is 1. The second-order valence-corrected chi connectivity index (χ2v) is 7.19. The molecule has 2 aromatic heterocycles. The lowest BCUT2D eigenvalue weighted by Gasteiger charge is -2.16. The number of aryl methyl sites for hydroxylation is 2. The zero-order chi connectivity index (χ0) is 20.3. The molecule has 0 aliphatic rings. The van der Waals surface area contributed by atoms with Crippen LogP contribution in [-0.2, 0) is 17.9 Å². The van der Waals surface area contributed by atoms with E-state index in [1.165, 1.54) is 0 Å². The molecule has 0 fully saturated rings. The van der Waals surface area contributed by atoms with Gasteiger partial charge in [-0.3, -0.25) is 4.79 Å². The number of imidazole rings is 1. The molecule has 3 rings (SSSR count). The number of benzene rings is 1. The Morgan fingerprint density at radius 3 is 2.53 bits per heavy atom. The first-order chi connectivity index (χ1) is 13.4. The van der Waals surface area contributed by atoms with Crippen molar-refractivity contribution in [3.8, 4) is 5.69 Å². The van der Waals surface area contributed by atoms with Crippen LogP contribution in [0.15, 0.2) is 36.7 Å². The van der Waals surface area contributed by atoms with Crippen molar-refractivity contribution in [3.05, 3.63) is 59.7 Å². The third-order valence-electron chi connectivity index (χ3n) is 4.67. The zero-order valence-corrected chi connectivity index (χ0v) is 19.2. The summed E-state index contributed by atoms with van der Waals surface area (Å²) in [6, 6.07) is 7.67. The van der Waals surface area contributed by atoms with Crippen molar-refractivity contribution in [2.45, 2.75) is 46.8 Å². The molecule has 0 unspecified atom stereocenters. The van der Waals surface area contributed by atoms with E-state index in [9.17, 15) is 4.79 Å². The van der Waals surface area contributed by atoms with E-state index in [4.69, 9.17) is 5.73 Å². The predicted octanol–water partition coefficient (Wildman–Crippen LogP) is 2.90. The summed E-state index contributed by atoms with van der Waals surface area (Å²) in [7, 11) is 0. The molecule has 0 aliphatic carbocycles. The Morgan fingerprint density at radius 2 is 1.90 bits per heavy atom. The summed E-state index contributed by atoms with van der Waals surface area (Å²) in [6.07, 6.45) is 3.67. The SMILES string of the molecule is Cc1nc([C@@H](N)C(C)C)n(CC(=O)NCc2ccccc2-n2ccnc2C)n1.Cl.Cl. The Morgan fingerprint density at radius 1 is 1.20 bits per heavy atom. The Hall–Kier alpha value is -2.42. The molecule has 0 radical (unpaired) electrons. The van der Waals surface area contributed by atoms with Gasteiger partial charge in [-0.05, 0) is 31.4 Å². The molecule has 164 valence electrons. The molecule has 0 aliphatic heterocycles. The quantitative estimate of drug-likeness (QED) is 0.572. The van der Waals surface area contributed by atoms with Gasteiger partial charge in [0, 0.05) is 18.9 Å². The molecule has 3 aromatic rings. The summed E-state index contributed by atoms with van der Waals surface area (Å²) in [5.74, 6) is 2.20. The molecule has 10 heteroatoms. The van der Waals surface area contributed by atoms with E-state index in [1.807, 2.05) is 55.8 Å². The normalized spacial score (nSPS) is 11.5. The molecule has 1 amide bonds. The Kier molecular flexibility index (Phi) is 9.48. The molecule has 1 atom stereocenters. The van der Waals surface area contributed by atoms with Gasteiger partial charge in [-0.25, -0.2) is 14.6 Å². The fourth-order valence-corrected chi connectivity index (χ4v) is 3.05. The van der Waals surface area contributed by atoms with E-state index in [0.29, 0.717) is 18.2 Å². The van der Waals surface area contributed by atoms with Gasteiger partial charge in [-0.2, -0.15) is 5.10 Å². The number of hydrogen-bond acceptors (Lipinski definition) is 5. The van der Waals surface area contributed by atoms with Crippen LogP contribution in [0.1, 0.15) is 42.9 Å². The second kappa shape index (κ2) is 11.1. The Bertz CT molecular complexity index is 968. The third-order valence-corrected chi connectivity index (χ3v) is 4.67. The monoisotopic (exact) mass is 453 g/mol. The molecule has 0 saturated carbocycles. The lowest BCUT2D eigenvalue weighted by Crippen LogP contribution is -2.30. The van der Waals surface area contributed by atoms with E-state index in [0.717, 1.165) is 17.1 Å². The summed E-state index contributed by atoms with van der Waals surface area (Å²) in [5, 5.41) is 7.30. The highest BCUT2D eigenvalue weighted by Crippen LogP contribution is 2.18. The number of rotatable bonds is 7.